The maximum absolute atomic E-state index is 12.2. The molecule has 2 unspecified atom stereocenters. The first-order valence-corrected chi connectivity index (χ1v) is 12.4. The van der Waals surface area contributed by atoms with E-state index in [1.165, 1.54) is 5.56 Å². The van der Waals surface area contributed by atoms with E-state index in [0.29, 0.717) is 31.3 Å². The molecule has 0 fully saturated rings. The van der Waals surface area contributed by atoms with Crippen LogP contribution in [0.25, 0.3) is 0 Å². The number of hydrogen-bond acceptors (Lipinski definition) is 3. The average Bonchev–Trinajstić information content (AvgIpc) is 2.74. The van der Waals surface area contributed by atoms with Crippen molar-refractivity contribution in [3.8, 4) is 0 Å². The van der Waals surface area contributed by atoms with Crippen LogP contribution >= 0.6 is 0 Å². The van der Waals surface area contributed by atoms with Crippen molar-refractivity contribution in [2.24, 2.45) is 22.7 Å². The van der Waals surface area contributed by atoms with Gasteiger partial charge in [0.1, 0.15) is 0 Å². The van der Waals surface area contributed by atoms with E-state index in [9.17, 15) is 14.7 Å². The molecule has 1 N–H and O–H groups in total. The van der Waals surface area contributed by atoms with Gasteiger partial charge in [-0.05, 0) is 69.4 Å². The molecule has 2 rings (SSSR count). The number of ether oxygens (including phenoxy) is 1. The third kappa shape index (κ3) is 10.1. The molecule has 4 heteroatoms. The standard InChI is InChI=1S/C16H24O2.C14H20O2/c1-5-18-15(17)16(4,11-13(2)3)12-14-9-7-6-8-10-14;1-11(2)9-14(3,13(15)16)10-12-7-5-4-6-8-12/h6-10,13H,5,11-12H2,1-4H3;4-8,11H,9-10H2,1-3H3,(H,15,16). The third-order valence-corrected chi connectivity index (χ3v) is 5.88. The first kappa shape index (κ1) is 29.4. The number of rotatable bonds is 11. The van der Waals surface area contributed by atoms with E-state index in [4.69, 9.17) is 4.74 Å². The normalized spacial score (nSPS) is 14.5. The Morgan fingerprint density at radius 1 is 0.765 bits per heavy atom. The molecule has 188 valence electrons. The van der Waals surface area contributed by atoms with Crippen molar-refractivity contribution in [2.45, 2.75) is 74.1 Å². The van der Waals surface area contributed by atoms with Crippen LogP contribution in [0, 0.1) is 22.7 Å². The lowest BCUT2D eigenvalue weighted by molar-refractivity contribution is -0.155. The molecular weight excluding hydrogens is 424 g/mol. The summed E-state index contributed by atoms with van der Waals surface area (Å²) in [6.07, 6.45) is 2.89. The molecule has 0 saturated heterocycles. The van der Waals surface area contributed by atoms with E-state index in [1.807, 2.05) is 69.3 Å². The van der Waals surface area contributed by atoms with Crippen LogP contribution in [0.2, 0.25) is 0 Å². The molecule has 0 saturated carbocycles. The Kier molecular flexibility index (Phi) is 12.1. The number of carbonyl (C=O) groups excluding carboxylic acids is 1. The molecule has 0 radical (unpaired) electrons. The lowest BCUT2D eigenvalue weighted by atomic mass is 9.77. The number of aliphatic carboxylic acids is 1. The molecule has 0 aliphatic rings. The summed E-state index contributed by atoms with van der Waals surface area (Å²) in [5.74, 6) is 0.0838. The monoisotopic (exact) mass is 468 g/mol. The molecule has 2 aromatic rings. The number of carboxylic acid groups (broad SMARTS) is 1. The molecule has 2 atom stereocenters. The van der Waals surface area contributed by atoms with Crippen LogP contribution < -0.4 is 0 Å². The van der Waals surface area contributed by atoms with Gasteiger partial charge in [0, 0.05) is 0 Å². The summed E-state index contributed by atoms with van der Waals surface area (Å²) in [6.45, 7) is 14.6. The van der Waals surface area contributed by atoms with Crippen LogP contribution in [0.5, 0.6) is 0 Å². The number of benzene rings is 2. The van der Waals surface area contributed by atoms with Crippen molar-refractivity contribution >= 4 is 11.9 Å². The van der Waals surface area contributed by atoms with Gasteiger partial charge in [0.15, 0.2) is 0 Å². The van der Waals surface area contributed by atoms with Crippen molar-refractivity contribution in [1.82, 2.24) is 0 Å². The van der Waals surface area contributed by atoms with E-state index >= 15 is 0 Å². The Hall–Kier alpha value is -2.62. The highest BCUT2D eigenvalue weighted by Crippen LogP contribution is 2.32. The highest BCUT2D eigenvalue weighted by Gasteiger charge is 2.35. The summed E-state index contributed by atoms with van der Waals surface area (Å²) in [5.41, 5.74) is 1.20. The Bertz CT molecular complexity index is 860. The lowest BCUT2D eigenvalue weighted by Crippen LogP contribution is -2.33. The Balaban J connectivity index is 0.000000342. The third-order valence-electron chi connectivity index (χ3n) is 5.88. The van der Waals surface area contributed by atoms with Gasteiger partial charge in [-0.3, -0.25) is 9.59 Å². The Labute approximate surface area is 206 Å². The molecule has 0 aromatic heterocycles. The van der Waals surface area contributed by atoms with Gasteiger partial charge in [-0.15, -0.1) is 0 Å². The molecule has 0 bridgehead atoms. The van der Waals surface area contributed by atoms with Gasteiger partial charge in [0.05, 0.1) is 17.4 Å². The van der Waals surface area contributed by atoms with E-state index in [1.54, 1.807) is 0 Å². The predicted octanol–water partition coefficient (Wildman–Crippen LogP) is 7.21. The number of carboxylic acids is 1. The van der Waals surface area contributed by atoms with Crippen molar-refractivity contribution in [3.05, 3.63) is 71.8 Å². The molecule has 0 aliphatic carbocycles. The molecule has 0 aliphatic heterocycles. The first-order valence-electron chi connectivity index (χ1n) is 12.4. The van der Waals surface area contributed by atoms with E-state index in [2.05, 4.69) is 39.8 Å². The Morgan fingerprint density at radius 3 is 1.50 bits per heavy atom. The average molecular weight is 469 g/mol. The van der Waals surface area contributed by atoms with Crippen LogP contribution in [-0.4, -0.2) is 23.7 Å². The van der Waals surface area contributed by atoms with Crippen molar-refractivity contribution < 1.29 is 19.4 Å². The number of hydrogen-bond donors (Lipinski definition) is 1. The topological polar surface area (TPSA) is 63.6 Å². The highest BCUT2D eigenvalue weighted by atomic mass is 16.5. The Morgan fingerprint density at radius 2 is 1.15 bits per heavy atom. The van der Waals surface area contributed by atoms with Crippen LogP contribution in [0.3, 0.4) is 0 Å². The van der Waals surface area contributed by atoms with Gasteiger partial charge in [-0.1, -0.05) is 88.4 Å². The molecule has 34 heavy (non-hydrogen) atoms. The van der Waals surface area contributed by atoms with Crippen molar-refractivity contribution in [1.29, 1.82) is 0 Å². The minimum absolute atomic E-state index is 0.0810. The lowest BCUT2D eigenvalue weighted by Gasteiger charge is -2.29. The molecule has 0 amide bonds. The van der Waals surface area contributed by atoms with E-state index < -0.39 is 16.8 Å². The molecule has 0 spiro atoms. The van der Waals surface area contributed by atoms with Gasteiger partial charge in [-0.2, -0.15) is 0 Å². The van der Waals surface area contributed by atoms with E-state index in [0.717, 1.165) is 18.4 Å². The SMILES string of the molecule is CC(C)CC(C)(Cc1ccccc1)C(=O)O.CCOC(=O)C(C)(Cc1ccccc1)CC(C)C. The maximum Gasteiger partial charge on any atom is 0.312 e. The summed E-state index contributed by atoms with van der Waals surface area (Å²) >= 11 is 0. The van der Waals surface area contributed by atoms with E-state index in [-0.39, 0.29) is 5.97 Å². The van der Waals surface area contributed by atoms with Gasteiger partial charge >= 0.3 is 11.9 Å². The largest absolute Gasteiger partial charge is 0.481 e. The zero-order chi connectivity index (χ0) is 25.8. The fraction of sp³-hybridized carbons (Fsp3) is 0.533. The molecule has 4 nitrogen and oxygen atoms in total. The number of esters is 1. The summed E-state index contributed by atoms with van der Waals surface area (Å²) in [7, 11) is 0. The number of carbonyl (C=O) groups is 2. The van der Waals surface area contributed by atoms with Gasteiger partial charge in [0.25, 0.3) is 0 Å². The quantitative estimate of drug-likeness (QED) is 0.354. The van der Waals surface area contributed by atoms with Crippen LogP contribution in [-0.2, 0) is 27.2 Å². The second kappa shape index (κ2) is 13.9. The zero-order valence-electron chi connectivity index (χ0n) is 22.1. The summed E-state index contributed by atoms with van der Waals surface area (Å²) in [6, 6.07) is 20.0. The van der Waals surface area contributed by atoms with Gasteiger partial charge in [-0.25, -0.2) is 0 Å². The summed E-state index contributed by atoms with van der Waals surface area (Å²) in [5, 5.41) is 9.34. The smallest absolute Gasteiger partial charge is 0.312 e. The fourth-order valence-corrected chi connectivity index (χ4v) is 4.66. The molecular formula is C30H44O4. The van der Waals surface area contributed by atoms with Crippen LogP contribution in [0.15, 0.2) is 60.7 Å². The highest BCUT2D eigenvalue weighted by molar-refractivity contribution is 5.77. The van der Waals surface area contributed by atoms with Crippen LogP contribution in [0.4, 0.5) is 0 Å². The van der Waals surface area contributed by atoms with Gasteiger partial charge < -0.3 is 9.84 Å². The minimum atomic E-state index is -0.704. The predicted molar refractivity (Wildman–Crippen MR) is 140 cm³/mol. The van der Waals surface area contributed by atoms with Crippen molar-refractivity contribution in [3.63, 3.8) is 0 Å². The summed E-state index contributed by atoms with van der Waals surface area (Å²) in [4.78, 5) is 23.5. The second-order valence-corrected chi connectivity index (χ2v) is 10.7. The van der Waals surface area contributed by atoms with Crippen molar-refractivity contribution in [2.75, 3.05) is 6.61 Å². The minimum Gasteiger partial charge on any atom is -0.481 e. The maximum atomic E-state index is 12.2. The molecule has 2 aromatic carbocycles. The first-order chi connectivity index (χ1) is 15.9. The fourth-order valence-electron chi connectivity index (χ4n) is 4.66. The summed E-state index contributed by atoms with van der Waals surface area (Å²) < 4.78 is 5.24. The zero-order valence-corrected chi connectivity index (χ0v) is 22.1. The van der Waals surface area contributed by atoms with Crippen LogP contribution in [0.1, 0.15) is 72.4 Å². The molecule has 0 heterocycles. The van der Waals surface area contributed by atoms with Gasteiger partial charge in [0.2, 0.25) is 0 Å². The second-order valence-electron chi connectivity index (χ2n) is 10.7.